The Kier molecular flexibility index (Phi) is 4.62. The predicted octanol–water partition coefficient (Wildman–Crippen LogP) is 3.69. The van der Waals surface area contributed by atoms with Crippen LogP contribution in [0.25, 0.3) is 22.6 Å². The van der Waals surface area contributed by atoms with Crippen molar-refractivity contribution >= 4 is 5.95 Å². The summed E-state index contributed by atoms with van der Waals surface area (Å²) in [6.45, 7) is 6.50. The van der Waals surface area contributed by atoms with Crippen molar-refractivity contribution in [2.45, 2.75) is 26.7 Å². The minimum Gasteiger partial charge on any atom is -0.368 e. The normalized spacial score (nSPS) is 12.8. The lowest BCUT2D eigenvalue weighted by molar-refractivity contribution is 0.332. The van der Waals surface area contributed by atoms with Gasteiger partial charge in [0.25, 0.3) is 5.89 Å². The molecule has 0 aliphatic carbocycles. The third-order valence-corrected chi connectivity index (χ3v) is 4.77. The lowest BCUT2D eigenvalue weighted by Crippen LogP contribution is -2.21. The maximum Gasteiger partial charge on any atom is 0.261 e. The van der Waals surface area contributed by atoms with E-state index in [2.05, 4.69) is 58.1 Å². The van der Waals surface area contributed by atoms with Gasteiger partial charge in [-0.15, -0.1) is 0 Å². The summed E-state index contributed by atoms with van der Waals surface area (Å²) in [4.78, 5) is 12.8. The van der Waals surface area contributed by atoms with Crippen LogP contribution >= 0.6 is 0 Å². The number of benzene rings is 1. The molecule has 0 radical (unpaired) electrons. The first-order chi connectivity index (χ1) is 13.8. The van der Waals surface area contributed by atoms with Gasteiger partial charge in [0.15, 0.2) is 5.82 Å². The van der Waals surface area contributed by atoms with Crippen LogP contribution in [0, 0.1) is 5.41 Å². The largest absolute Gasteiger partial charge is 0.368 e. The van der Waals surface area contributed by atoms with Gasteiger partial charge in [0.1, 0.15) is 0 Å². The van der Waals surface area contributed by atoms with Gasteiger partial charge < -0.3 is 10.3 Å². The minimum atomic E-state index is -0.109. The third-order valence-electron chi connectivity index (χ3n) is 4.77. The molecule has 8 heteroatoms. The van der Waals surface area contributed by atoms with Gasteiger partial charge in [0, 0.05) is 31.2 Å². The molecule has 148 valence electrons. The molecule has 0 aliphatic heterocycles. The molecule has 2 N–H and O–H groups in total. The zero-order chi connectivity index (χ0) is 20.6. The predicted molar refractivity (Wildman–Crippen MR) is 110 cm³/mol. The second-order valence-corrected chi connectivity index (χ2v) is 8.11. The molecule has 29 heavy (non-hydrogen) atoms. The number of hydrogen-bond donors (Lipinski definition) is 1. The molecule has 8 nitrogen and oxygen atoms in total. The molecule has 3 aromatic heterocycles. The van der Waals surface area contributed by atoms with Gasteiger partial charge in [-0.05, 0) is 16.5 Å². The second-order valence-electron chi connectivity index (χ2n) is 8.11. The van der Waals surface area contributed by atoms with Crippen LogP contribution in [0.3, 0.4) is 0 Å². The van der Waals surface area contributed by atoms with Gasteiger partial charge in [0.2, 0.25) is 5.95 Å². The molecule has 0 unspecified atom stereocenters. The summed E-state index contributed by atoms with van der Waals surface area (Å²) in [6, 6.07) is 8.26. The highest BCUT2D eigenvalue weighted by Gasteiger charge is 2.32. The van der Waals surface area contributed by atoms with Crippen LogP contribution in [0.4, 0.5) is 5.95 Å². The maximum atomic E-state index is 5.58. The van der Waals surface area contributed by atoms with E-state index in [4.69, 9.17) is 10.3 Å². The van der Waals surface area contributed by atoms with Crippen LogP contribution in [0.15, 0.2) is 53.6 Å². The molecular weight excluding hydrogens is 366 g/mol. The van der Waals surface area contributed by atoms with E-state index in [0.717, 1.165) is 22.3 Å². The van der Waals surface area contributed by atoms with E-state index >= 15 is 0 Å². The molecule has 0 amide bonds. The van der Waals surface area contributed by atoms with Gasteiger partial charge >= 0.3 is 0 Å². The molecule has 1 aromatic carbocycles. The smallest absolute Gasteiger partial charge is 0.261 e. The van der Waals surface area contributed by atoms with Crippen molar-refractivity contribution in [1.82, 2.24) is 29.9 Å². The third kappa shape index (κ3) is 3.87. The Morgan fingerprint density at radius 3 is 2.24 bits per heavy atom. The van der Waals surface area contributed by atoms with E-state index in [1.165, 1.54) is 0 Å². The Bertz CT molecular complexity index is 1110. The van der Waals surface area contributed by atoms with Crippen molar-refractivity contribution in [3.05, 3.63) is 60.4 Å². The summed E-state index contributed by atoms with van der Waals surface area (Å²) in [6.07, 6.45) is 7.01. The summed E-state index contributed by atoms with van der Waals surface area (Å²) in [5.74, 6) is 1.35. The zero-order valence-electron chi connectivity index (χ0n) is 16.9. The summed E-state index contributed by atoms with van der Waals surface area (Å²) in [5, 5.41) is 8.45. The van der Waals surface area contributed by atoms with Gasteiger partial charge in [-0.2, -0.15) is 10.1 Å². The Labute approximate surface area is 168 Å². The molecule has 4 aromatic rings. The number of aromatic nitrogens is 6. The number of nitrogens with zero attached hydrogens (tertiary/aromatic N) is 6. The highest BCUT2D eigenvalue weighted by molar-refractivity contribution is 5.62. The second kappa shape index (κ2) is 7.12. The topological polar surface area (TPSA) is 109 Å². The van der Waals surface area contributed by atoms with Crippen molar-refractivity contribution in [2.75, 3.05) is 5.73 Å². The number of nitrogens with two attached hydrogens (primary N) is 1. The van der Waals surface area contributed by atoms with Gasteiger partial charge in [-0.1, -0.05) is 50.2 Å². The summed E-state index contributed by atoms with van der Waals surface area (Å²) in [5.41, 5.74) is 9.31. The molecule has 4 rings (SSSR count). The van der Waals surface area contributed by atoms with E-state index in [-0.39, 0.29) is 17.3 Å². The van der Waals surface area contributed by atoms with Crippen molar-refractivity contribution in [1.29, 1.82) is 0 Å². The lowest BCUT2D eigenvalue weighted by Gasteiger charge is -2.28. The molecular formula is C21H23N7O. The quantitative estimate of drug-likeness (QED) is 0.567. The number of hydrogen-bond acceptors (Lipinski definition) is 7. The molecule has 0 saturated carbocycles. The highest BCUT2D eigenvalue weighted by atomic mass is 16.5. The van der Waals surface area contributed by atoms with Gasteiger partial charge in [-0.3, -0.25) is 4.68 Å². The summed E-state index contributed by atoms with van der Waals surface area (Å²) in [7, 11) is 1.85. The van der Waals surface area contributed by atoms with Gasteiger partial charge in [-0.25, -0.2) is 9.97 Å². The first-order valence-corrected chi connectivity index (χ1v) is 9.32. The molecule has 0 aliphatic rings. The molecule has 3 heterocycles. The Hall–Kier alpha value is -3.55. The molecule has 0 fully saturated rings. The zero-order valence-corrected chi connectivity index (χ0v) is 16.9. The van der Waals surface area contributed by atoms with Gasteiger partial charge in [0.05, 0.1) is 17.7 Å². The molecule has 1 atom stereocenters. The Balaban J connectivity index is 1.67. The SMILES string of the molecule is Cn1cc(-c2nc([C@@H](c3ccc(-c4cnc(N)nc4)cc3)C(C)(C)C)no2)cn1. The van der Waals surface area contributed by atoms with E-state index in [1.54, 1.807) is 23.3 Å². The molecule has 0 spiro atoms. The first-order valence-electron chi connectivity index (χ1n) is 9.32. The first kappa shape index (κ1) is 18.8. The highest BCUT2D eigenvalue weighted by Crippen LogP contribution is 2.40. The van der Waals surface area contributed by atoms with Crippen LogP contribution < -0.4 is 5.73 Å². The van der Waals surface area contributed by atoms with E-state index in [0.29, 0.717) is 11.7 Å². The van der Waals surface area contributed by atoms with Crippen LogP contribution in [-0.2, 0) is 7.05 Å². The van der Waals surface area contributed by atoms with Crippen LogP contribution in [0.2, 0.25) is 0 Å². The van der Waals surface area contributed by atoms with E-state index in [9.17, 15) is 0 Å². The van der Waals surface area contributed by atoms with Crippen molar-refractivity contribution in [2.24, 2.45) is 12.5 Å². The number of anilines is 1. The average Bonchev–Trinajstić information content (AvgIpc) is 3.31. The fraction of sp³-hybridized carbons (Fsp3) is 0.286. The maximum absolute atomic E-state index is 5.58. The Morgan fingerprint density at radius 2 is 1.66 bits per heavy atom. The minimum absolute atomic E-state index is 0.0339. The van der Waals surface area contributed by atoms with Crippen LogP contribution in [0.5, 0.6) is 0 Å². The van der Waals surface area contributed by atoms with Crippen molar-refractivity contribution in [3.63, 3.8) is 0 Å². The van der Waals surface area contributed by atoms with Crippen molar-refractivity contribution < 1.29 is 4.52 Å². The summed E-state index contributed by atoms with van der Waals surface area (Å²) >= 11 is 0. The number of nitrogen functional groups attached to an aromatic ring is 1. The monoisotopic (exact) mass is 389 g/mol. The van der Waals surface area contributed by atoms with Crippen LogP contribution in [0.1, 0.15) is 38.1 Å². The van der Waals surface area contributed by atoms with Crippen molar-refractivity contribution in [3.8, 4) is 22.6 Å². The lowest BCUT2D eigenvalue weighted by atomic mass is 9.76. The standard InChI is InChI=1S/C21H23N7O/c1-21(2,3)17(18-26-19(29-27-18)16-11-25-28(4)12-16)14-7-5-13(6-8-14)15-9-23-20(22)24-10-15/h5-12,17H,1-4H3,(H2,22,23,24)/t17-/m1/s1. The Morgan fingerprint density at radius 1 is 0.966 bits per heavy atom. The van der Waals surface area contributed by atoms with Crippen LogP contribution in [-0.4, -0.2) is 29.9 Å². The average molecular weight is 389 g/mol. The fourth-order valence-electron chi connectivity index (χ4n) is 3.39. The number of rotatable bonds is 4. The summed E-state index contributed by atoms with van der Waals surface area (Å²) < 4.78 is 7.23. The molecule has 0 saturated heterocycles. The van der Waals surface area contributed by atoms with E-state index in [1.807, 2.05) is 25.4 Å². The fourth-order valence-corrected chi connectivity index (χ4v) is 3.39. The molecule has 0 bridgehead atoms. The number of aryl methyl sites for hydroxylation is 1. The van der Waals surface area contributed by atoms with E-state index < -0.39 is 0 Å².